The third kappa shape index (κ3) is 5.68. The zero-order chi connectivity index (χ0) is 19.9. The van der Waals surface area contributed by atoms with E-state index in [1.807, 2.05) is 0 Å². The van der Waals surface area contributed by atoms with Crippen molar-refractivity contribution in [3.8, 4) is 0 Å². The number of hydrogen-bond donors (Lipinski definition) is 3. The van der Waals surface area contributed by atoms with Crippen LogP contribution in [0.4, 0.5) is 15.8 Å². The van der Waals surface area contributed by atoms with Crippen molar-refractivity contribution in [1.29, 1.82) is 0 Å². The molecule has 0 radical (unpaired) electrons. The van der Waals surface area contributed by atoms with Gasteiger partial charge in [-0.2, -0.15) is 0 Å². The standard InChI is InChI=1S/C20H21ClFN3O3/c21-17-10-14(6-7-18(17)22)23-12-19(26)25-15-4-1-3-13(9-15)20(27)24-11-16-5-2-8-28-16/h1,3-4,6-7,9-10,16,23H,2,5,8,11-12H2,(H,24,27)(H,25,26). The fourth-order valence-electron chi connectivity index (χ4n) is 2.85. The lowest BCUT2D eigenvalue weighted by molar-refractivity contribution is -0.114. The van der Waals surface area contributed by atoms with Crippen LogP contribution in [0.1, 0.15) is 23.2 Å². The van der Waals surface area contributed by atoms with Crippen LogP contribution >= 0.6 is 11.6 Å². The molecule has 3 N–H and O–H groups in total. The zero-order valence-electron chi connectivity index (χ0n) is 15.1. The fourth-order valence-corrected chi connectivity index (χ4v) is 3.03. The fraction of sp³-hybridized carbons (Fsp3) is 0.300. The Hall–Kier alpha value is -2.64. The van der Waals surface area contributed by atoms with Crippen molar-refractivity contribution >= 4 is 34.8 Å². The first-order chi connectivity index (χ1) is 13.5. The molecule has 1 fully saturated rings. The highest BCUT2D eigenvalue weighted by Crippen LogP contribution is 2.19. The van der Waals surface area contributed by atoms with E-state index in [2.05, 4.69) is 16.0 Å². The maximum Gasteiger partial charge on any atom is 0.251 e. The number of halogens is 2. The molecule has 2 amide bonds. The van der Waals surface area contributed by atoms with Gasteiger partial charge in [-0.25, -0.2) is 4.39 Å². The van der Waals surface area contributed by atoms with E-state index >= 15 is 0 Å². The van der Waals surface area contributed by atoms with Gasteiger partial charge in [0.1, 0.15) is 5.82 Å². The Kier molecular flexibility index (Phi) is 6.84. The number of amides is 2. The van der Waals surface area contributed by atoms with E-state index < -0.39 is 5.82 Å². The van der Waals surface area contributed by atoms with Crippen molar-refractivity contribution in [2.45, 2.75) is 18.9 Å². The lowest BCUT2D eigenvalue weighted by Crippen LogP contribution is -2.31. The molecule has 1 aliphatic heterocycles. The second-order valence-corrected chi connectivity index (χ2v) is 6.86. The molecule has 2 aromatic rings. The molecule has 28 heavy (non-hydrogen) atoms. The number of hydrogen-bond acceptors (Lipinski definition) is 4. The predicted octanol–water partition coefficient (Wildman–Crippen LogP) is 3.44. The molecule has 6 nitrogen and oxygen atoms in total. The molecule has 1 aliphatic rings. The third-order valence-electron chi connectivity index (χ3n) is 4.30. The average molecular weight is 406 g/mol. The molecule has 1 saturated heterocycles. The molecule has 0 saturated carbocycles. The summed E-state index contributed by atoms with van der Waals surface area (Å²) >= 11 is 5.71. The minimum absolute atomic E-state index is 0.0212. The third-order valence-corrected chi connectivity index (χ3v) is 4.59. The lowest BCUT2D eigenvalue weighted by Gasteiger charge is -2.12. The van der Waals surface area contributed by atoms with E-state index in [0.717, 1.165) is 19.4 Å². The van der Waals surface area contributed by atoms with E-state index in [9.17, 15) is 14.0 Å². The van der Waals surface area contributed by atoms with Gasteiger partial charge in [-0.05, 0) is 49.2 Å². The van der Waals surface area contributed by atoms with Crippen molar-refractivity contribution < 1.29 is 18.7 Å². The topological polar surface area (TPSA) is 79.5 Å². The Morgan fingerprint density at radius 1 is 1.18 bits per heavy atom. The molecule has 0 spiro atoms. The van der Waals surface area contributed by atoms with Gasteiger partial charge in [0.15, 0.2) is 0 Å². The van der Waals surface area contributed by atoms with Crippen molar-refractivity contribution in [2.75, 3.05) is 30.3 Å². The minimum Gasteiger partial charge on any atom is -0.376 e. The van der Waals surface area contributed by atoms with Crippen LogP contribution in [0, 0.1) is 5.82 Å². The summed E-state index contributed by atoms with van der Waals surface area (Å²) in [7, 11) is 0. The van der Waals surface area contributed by atoms with Crippen molar-refractivity contribution in [1.82, 2.24) is 5.32 Å². The summed E-state index contributed by atoms with van der Waals surface area (Å²) in [6, 6.07) is 10.8. The second-order valence-electron chi connectivity index (χ2n) is 6.46. The Bertz CT molecular complexity index is 856. The van der Waals surface area contributed by atoms with Gasteiger partial charge >= 0.3 is 0 Å². The van der Waals surface area contributed by atoms with Gasteiger partial charge in [0, 0.05) is 30.1 Å². The first-order valence-electron chi connectivity index (χ1n) is 9.00. The number of rotatable bonds is 7. The first kappa shape index (κ1) is 20.1. The molecule has 3 rings (SSSR count). The number of nitrogens with one attached hydrogen (secondary N) is 3. The monoisotopic (exact) mass is 405 g/mol. The molecule has 2 aromatic carbocycles. The zero-order valence-corrected chi connectivity index (χ0v) is 15.9. The highest BCUT2D eigenvalue weighted by atomic mass is 35.5. The quantitative estimate of drug-likeness (QED) is 0.659. The van der Waals surface area contributed by atoms with Gasteiger partial charge in [0.05, 0.1) is 17.7 Å². The predicted molar refractivity (Wildman–Crippen MR) is 106 cm³/mol. The van der Waals surface area contributed by atoms with Crippen LogP contribution in [0.2, 0.25) is 5.02 Å². The van der Waals surface area contributed by atoms with Crippen LogP contribution < -0.4 is 16.0 Å². The summed E-state index contributed by atoms with van der Waals surface area (Å²) in [5, 5.41) is 8.41. The summed E-state index contributed by atoms with van der Waals surface area (Å²) < 4.78 is 18.6. The van der Waals surface area contributed by atoms with E-state index in [4.69, 9.17) is 16.3 Å². The molecular weight excluding hydrogens is 385 g/mol. The molecule has 1 atom stereocenters. The van der Waals surface area contributed by atoms with Gasteiger partial charge < -0.3 is 20.7 Å². The van der Waals surface area contributed by atoms with Crippen molar-refractivity contribution in [3.05, 3.63) is 58.9 Å². The van der Waals surface area contributed by atoms with E-state index in [1.54, 1.807) is 24.3 Å². The first-order valence-corrected chi connectivity index (χ1v) is 9.38. The van der Waals surface area contributed by atoms with Gasteiger partial charge in [-0.1, -0.05) is 17.7 Å². The summed E-state index contributed by atoms with van der Waals surface area (Å²) in [5.74, 6) is -1.05. The van der Waals surface area contributed by atoms with Gasteiger partial charge in [0.25, 0.3) is 5.91 Å². The lowest BCUT2D eigenvalue weighted by atomic mass is 10.1. The Morgan fingerprint density at radius 3 is 2.79 bits per heavy atom. The maximum atomic E-state index is 13.2. The molecule has 1 unspecified atom stereocenters. The van der Waals surface area contributed by atoms with E-state index in [1.165, 1.54) is 18.2 Å². The number of anilines is 2. The van der Waals surface area contributed by atoms with Crippen molar-refractivity contribution in [2.24, 2.45) is 0 Å². The molecule has 148 valence electrons. The maximum absolute atomic E-state index is 13.2. The largest absolute Gasteiger partial charge is 0.376 e. The number of ether oxygens (including phenoxy) is 1. The summed E-state index contributed by atoms with van der Waals surface area (Å²) in [5.41, 5.74) is 1.49. The minimum atomic E-state index is -0.522. The van der Waals surface area contributed by atoms with Crippen LogP contribution in [0.3, 0.4) is 0 Å². The van der Waals surface area contributed by atoms with Crippen LogP contribution in [0.15, 0.2) is 42.5 Å². The number of carbonyl (C=O) groups is 2. The molecule has 0 aliphatic carbocycles. The smallest absolute Gasteiger partial charge is 0.251 e. The van der Waals surface area contributed by atoms with E-state index in [-0.39, 0.29) is 29.5 Å². The molecule has 0 aromatic heterocycles. The normalized spacial score (nSPS) is 15.9. The summed E-state index contributed by atoms with van der Waals surface area (Å²) in [6.45, 7) is 1.18. The Morgan fingerprint density at radius 2 is 2.04 bits per heavy atom. The van der Waals surface area contributed by atoms with Crippen LogP contribution in [0.25, 0.3) is 0 Å². The highest BCUT2D eigenvalue weighted by Gasteiger charge is 2.17. The molecule has 0 bridgehead atoms. The van der Waals surface area contributed by atoms with E-state index in [0.29, 0.717) is 23.5 Å². The summed E-state index contributed by atoms with van der Waals surface area (Å²) in [4.78, 5) is 24.4. The molecule has 1 heterocycles. The molecular formula is C20H21ClFN3O3. The average Bonchev–Trinajstić information content (AvgIpc) is 3.21. The highest BCUT2D eigenvalue weighted by molar-refractivity contribution is 6.31. The van der Waals surface area contributed by atoms with Crippen molar-refractivity contribution in [3.63, 3.8) is 0 Å². The Labute approximate surface area is 167 Å². The van der Waals surface area contributed by atoms with Crippen LogP contribution in [-0.2, 0) is 9.53 Å². The van der Waals surface area contributed by atoms with Gasteiger partial charge in [-0.3, -0.25) is 9.59 Å². The summed E-state index contributed by atoms with van der Waals surface area (Å²) in [6.07, 6.45) is 2.03. The van der Waals surface area contributed by atoms with Crippen LogP contribution in [0.5, 0.6) is 0 Å². The number of benzene rings is 2. The SMILES string of the molecule is O=C(CNc1ccc(F)c(Cl)c1)Nc1cccc(C(=O)NCC2CCCO2)c1. The van der Waals surface area contributed by atoms with Gasteiger partial charge in [-0.15, -0.1) is 0 Å². The van der Waals surface area contributed by atoms with Crippen LogP contribution in [-0.4, -0.2) is 37.6 Å². The van der Waals surface area contributed by atoms with Gasteiger partial charge in [0.2, 0.25) is 5.91 Å². The second kappa shape index (κ2) is 9.52. The Balaban J connectivity index is 1.50. The molecule has 8 heteroatoms. The number of carbonyl (C=O) groups excluding carboxylic acids is 2.